The van der Waals surface area contributed by atoms with Gasteiger partial charge in [-0.15, -0.1) is 11.8 Å². The Morgan fingerprint density at radius 2 is 1.76 bits per heavy atom. The van der Waals surface area contributed by atoms with E-state index in [4.69, 9.17) is 9.84 Å². The number of aliphatic carboxylic acids is 1. The van der Waals surface area contributed by atoms with Crippen LogP contribution < -0.4 is 0 Å². The van der Waals surface area contributed by atoms with Crippen molar-refractivity contribution in [3.05, 3.63) is 0 Å². The van der Waals surface area contributed by atoms with E-state index < -0.39 is 22.9 Å². The molecule has 0 spiro atoms. The Bertz CT molecular complexity index is 497. The summed E-state index contributed by atoms with van der Waals surface area (Å²) >= 11 is 1.26. The number of carboxylic acids is 1. The third-order valence-corrected chi connectivity index (χ3v) is 6.13. The number of esters is 1. The zero-order valence-electron chi connectivity index (χ0n) is 16.5. The highest BCUT2D eigenvalue weighted by Gasteiger charge is 2.48. The molecule has 0 bridgehead atoms. The highest BCUT2D eigenvalue weighted by molar-refractivity contribution is 8.00. The summed E-state index contributed by atoms with van der Waals surface area (Å²) in [4.78, 5) is 25.4. The fourth-order valence-corrected chi connectivity index (χ4v) is 4.07. The van der Waals surface area contributed by atoms with Crippen LogP contribution in [0.15, 0.2) is 0 Å². The lowest BCUT2D eigenvalue weighted by Crippen LogP contribution is -2.46. The smallest absolute Gasteiger partial charge is 0.317 e. The van der Waals surface area contributed by atoms with Crippen LogP contribution in [0, 0.1) is 16.2 Å². The topological polar surface area (TPSA) is 87.1 Å². The molecule has 3 unspecified atom stereocenters. The van der Waals surface area contributed by atoms with Crippen LogP contribution in [0.25, 0.3) is 0 Å². The average molecular weight is 376 g/mol. The number of hydrogen-bond acceptors (Lipinski definition) is 6. The van der Waals surface area contributed by atoms with E-state index in [0.29, 0.717) is 12.3 Å². The van der Waals surface area contributed by atoms with Crippen LogP contribution in [-0.4, -0.2) is 57.6 Å². The number of rotatable bonds is 6. The molecule has 0 amide bonds. The summed E-state index contributed by atoms with van der Waals surface area (Å²) in [6, 6.07) is 0. The molecule has 1 rings (SSSR count). The molecule has 1 saturated heterocycles. The molecule has 0 saturated carbocycles. The largest absolute Gasteiger partial charge is 0.480 e. The van der Waals surface area contributed by atoms with Crippen molar-refractivity contribution in [2.24, 2.45) is 16.2 Å². The Hall–Kier alpha value is -0.790. The summed E-state index contributed by atoms with van der Waals surface area (Å²) in [6.45, 7) is 14.3. The molecule has 3 atom stereocenters. The second-order valence-electron chi connectivity index (χ2n) is 9.29. The molecule has 2 N–H and O–H groups in total. The van der Waals surface area contributed by atoms with Crippen LogP contribution in [0.4, 0.5) is 0 Å². The van der Waals surface area contributed by atoms with Crippen LogP contribution >= 0.6 is 11.8 Å². The molecule has 0 aromatic carbocycles. The zero-order chi connectivity index (χ0) is 19.6. The van der Waals surface area contributed by atoms with Gasteiger partial charge in [0.1, 0.15) is 18.1 Å². The highest BCUT2D eigenvalue weighted by Crippen LogP contribution is 2.47. The van der Waals surface area contributed by atoms with E-state index in [1.54, 1.807) is 4.90 Å². The van der Waals surface area contributed by atoms with E-state index in [9.17, 15) is 14.7 Å². The van der Waals surface area contributed by atoms with E-state index >= 15 is 0 Å². The second-order valence-corrected chi connectivity index (χ2v) is 10.5. The van der Waals surface area contributed by atoms with Gasteiger partial charge in [-0.3, -0.25) is 14.5 Å². The lowest BCUT2D eigenvalue weighted by molar-refractivity contribution is -0.171. The lowest BCUT2D eigenvalue weighted by atomic mass is 9.61. The number of thioether (sulfide) groups is 1. The van der Waals surface area contributed by atoms with Crippen molar-refractivity contribution < 1.29 is 24.5 Å². The van der Waals surface area contributed by atoms with Crippen molar-refractivity contribution in [2.75, 3.05) is 19.0 Å². The first kappa shape index (κ1) is 22.3. The fraction of sp³-hybridized carbons (Fsp3) is 0.889. The van der Waals surface area contributed by atoms with Gasteiger partial charge in [0.25, 0.3) is 0 Å². The molecule has 25 heavy (non-hydrogen) atoms. The van der Waals surface area contributed by atoms with Crippen molar-refractivity contribution in [1.29, 1.82) is 0 Å². The van der Waals surface area contributed by atoms with Gasteiger partial charge in [-0.25, -0.2) is 0 Å². The first-order chi connectivity index (χ1) is 11.2. The molecule has 7 heteroatoms. The van der Waals surface area contributed by atoms with Crippen LogP contribution in [0.3, 0.4) is 0 Å². The first-order valence-corrected chi connectivity index (χ1v) is 9.66. The van der Waals surface area contributed by atoms with Crippen LogP contribution in [0.2, 0.25) is 0 Å². The zero-order valence-corrected chi connectivity index (χ0v) is 17.3. The molecule has 1 aliphatic rings. The van der Waals surface area contributed by atoms with Gasteiger partial charge in [-0.1, -0.05) is 41.5 Å². The van der Waals surface area contributed by atoms with Gasteiger partial charge >= 0.3 is 11.9 Å². The van der Waals surface area contributed by atoms with E-state index in [1.807, 2.05) is 27.7 Å². The second kappa shape index (κ2) is 7.84. The van der Waals surface area contributed by atoms with E-state index in [0.717, 1.165) is 0 Å². The molecule has 0 aromatic heterocycles. The minimum Gasteiger partial charge on any atom is -0.480 e. The molecular formula is C18H33NO5S. The van der Waals surface area contributed by atoms with Crippen molar-refractivity contribution in [3.63, 3.8) is 0 Å². The molecule has 6 nitrogen and oxygen atoms in total. The van der Waals surface area contributed by atoms with Crippen molar-refractivity contribution in [1.82, 2.24) is 4.90 Å². The Balaban J connectivity index is 2.71. The number of aliphatic hydroxyl groups is 1. The molecule has 0 aliphatic carbocycles. The van der Waals surface area contributed by atoms with Gasteiger partial charge in [-0.2, -0.15) is 0 Å². The molecule has 0 radical (unpaired) electrons. The van der Waals surface area contributed by atoms with E-state index in [1.165, 1.54) is 11.8 Å². The van der Waals surface area contributed by atoms with Gasteiger partial charge in [0.2, 0.25) is 0 Å². The minimum atomic E-state index is -0.986. The Kier molecular flexibility index (Phi) is 6.98. The maximum atomic E-state index is 12.8. The van der Waals surface area contributed by atoms with Gasteiger partial charge < -0.3 is 14.9 Å². The van der Waals surface area contributed by atoms with Gasteiger partial charge in [0, 0.05) is 12.4 Å². The van der Waals surface area contributed by atoms with Crippen LogP contribution in [0.5, 0.6) is 0 Å². The number of hydrogen-bond donors (Lipinski definition) is 2. The number of carbonyl (C=O) groups is 2. The fourth-order valence-electron chi connectivity index (χ4n) is 2.98. The number of ether oxygens (including phenoxy) is 1. The molecule has 1 heterocycles. The summed E-state index contributed by atoms with van der Waals surface area (Å²) < 4.78 is 5.46. The third-order valence-electron chi connectivity index (χ3n) is 4.89. The lowest BCUT2D eigenvalue weighted by Gasteiger charge is -2.43. The van der Waals surface area contributed by atoms with E-state index in [-0.39, 0.29) is 30.0 Å². The van der Waals surface area contributed by atoms with Gasteiger partial charge in [0.15, 0.2) is 0 Å². The number of carbonyl (C=O) groups excluding carboxylic acids is 1. The predicted octanol–water partition coefficient (Wildman–Crippen LogP) is 2.80. The van der Waals surface area contributed by atoms with Crippen LogP contribution in [0.1, 0.15) is 54.9 Å². The van der Waals surface area contributed by atoms with Crippen molar-refractivity contribution in [2.45, 2.75) is 66.4 Å². The van der Waals surface area contributed by atoms with Gasteiger partial charge in [-0.05, 0) is 24.2 Å². The highest BCUT2D eigenvalue weighted by atomic mass is 32.2. The normalized spacial score (nSPS) is 23.1. The third kappa shape index (κ3) is 5.86. The average Bonchev–Trinajstić information content (AvgIpc) is 2.91. The van der Waals surface area contributed by atoms with E-state index in [2.05, 4.69) is 20.8 Å². The Morgan fingerprint density at radius 3 is 2.16 bits per heavy atom. The van der Waals surface area contributed by atoms with Crippen LogP contribution in [-0.2, 0) is 14.3 Å². The Labute approximate surface area is 155 Å². The Morgan fingerprint density at radius 1 is 1.20 bits per heavy atom. The summed E-state index contributed by atoms with van der Waals surface area (Å²) in [6.07, 6.45) is -0.321. The van der Waals surface area contributed by atoms with Gasteiger partial charge in [0.05, 0.1) is 5.41 Å². The molecule has 1 aliphatic heterocycles. The summed E-state index contributed by atoms with van der Waals surface area (Å²) in [5.74, 6) is -0.799. The summed E-state index contributed by atoms with van der Waals surface area (Å²) in [5.41, 5.74) is -1.02. The number of nitrogens with zero attached hydrogens (tertiary/aromatic N) is 1. The minimum absolute atomic E-state index is 0.0417. The quantitative estimate of drug-likeness (QED) is 0.690. The van der Waals surface area contributed by atoms with Crippen molar-refractivity contribution >= 4 is 23.7 Å². The molecular weight excluding hydrogens is 342 g/mol. The molecule has 1 fully saturated rings. The number of aliphatic hydroxyl groups excluding tert-OH is 1. The molecule has 0 aromatic rings. The maximum Gasteiger partial charge on any atom is 0.317 e. The summed E-state index contributed by atoms with van der Waals surface area (Å²) in [5, 5.41) is 18.7. The number of carboxylic acid groups (broad SMARTS) is 1. The predicted molar refractivity (Wildman–Crippen MR) is 99.2 cm³/mol. The maximum absolute atomic E-state index is 12.8. The molecule has 146 valence electrons. The summed E-state index contributed by atoms with van der Waals surface area (Å²) in [7, 11) is 0. The first-order valence-electron chi connectivity index (χ1n) is 8.61. The standard InChI is InChI=1S/C18H33NO5S/c1-16(2,3)10-18(7,17(4,5)6)15(23)24-9-13(20)19-8-12(14(21)22)25-11-19/h12-13,20H,8-11H2,1-7H3,(H,21,22). The monoisotopic (exact) mass is 375 g/mol. The SMILES string of the molecule is CC(C)(C)CC(C)(C(=O)OCC(O)N1CSC(C(=O)O)C1)C(C)(C)C. The van der Waals surface area contributed by atoms with Crippen molar-refractivity contribution in [3.8, 4) is 0 Å².